The first-order valence-electron chi connectivity index (χ1n) is 14.4. The largest absolute Gasteiger partial charge is 0.490 e. The van der Waals surface area contributed by atoms with Crippen LogP contribution in [0.1, 0.15) is 22.7 Å². The van der Waals surface area contributed by atoms with Crippen molar-refractivity contribution in [3.8, 4) is 11.1 Å². The molecule has 2 heterocycles. The Hall–Kier alpha value is -5.73. The fraction of sp³-hybridized carbons (Fsp3) is 0.176. The Kier molecular flexibility index (Phi) is 11.4. The van der Waals surface area contributed by atoms with Gasteiger partial charge in [-0.15, -0.1) is 0 Å². The van der Waals surface area contributed by atoms with Crippen LogP contribution in [-0.4, -0.2) is 57.1 Å². The van der Waals surface area contributed by atoms with Gasteiger partial charge < -0.3 is 20.2 Å². The van der Waals surface area contributed by atoms with Crippen LogP contribution in [0.2, 0.25) is 0 Å². The lowest BCUT2D eigenvalue weighted by molar-refractivity contribution is -0.192. The average molecular weight is 689 g/mol. The molecule has 0 radical (unpaired) electrons. The zero-order valence-electron chi connectivity index (χ0n) is 25.3. The summed E-state index contributed by atoms with van der Waals surface area (Å²) in [5.74, 6) is -3.81. The molecule has 1 aromatic heterocycles. The summed E-state index contributed by atoms with van der Waals surface area (Å²) in [6.07, 6.45) is -3.51. The first-order chi connectivity index (χ1) is 23.1. The maximum atomic E-state index is 14.0. The Morgan fingerprint density at radius 3 is 2.16 bits per heavy atom. The van der Waals surface area contributed by atoms with Gasteiger partial charge >= 0.3 is 24.4 Å². The number of halogens is 7. The summed E-state index contributed by atoms with van der Waals surface area (Å²) in [6.45, 7) is -0.509. The lowest BCUT2D eigenvalue weighted by Gasteiger charge is -2.35. The van der Waals surface area contributed by atoms with Gasteiger partial charge in [-0.25, -0.2) is 14.0 Å². The van der Waals surface area contributed by atoms with Gasteiger partial charge in [0.05, 0.1) is 17.3 Å². The zero-order chi connectivity index (χ0) is 35.8. The number of amides is 3. The van der Waals surface area contributed by atoms with Gasteiger partial charge in [0, 0.05) is 31.0 Å². The molecule has 0 saturated carbocycles. The minimum absolute atomic E-state index is 0.0155. The number of anilines is 1. The van der Waals surface area contributed by atoms with E-state index in [1.54, 1.807) is 18.3 Å². The van der Waals surface area contributed by atoms with Crippen LogP contribution in [0.5, 0.6) is 0 Å². The summed E-state index contributed by atoms with van der Waals surface area (Å²) in [4.78, 5) is 42.7. The normalized spacial score (nSPS) is 15.7. The van der Waals surface area contributed by atoms with Gasteiger partial charge in [0.15, 0.2) is 0 Å². The summed E-state index contributed by atoms with van der Waals surface area (Å²) < 4.78 is 87.2. The molecule has 8 nitrogen and oxygen atoms in total. The van der Waals surface area contributed by atoms with Gasteiger partial charge in [-0.1, -0.05) is 72.8 Å². The lowest BCUT2D eigenvalue weighted by Crippen LogP contribution is -2.46. The van der Waals surface area contributed by atoms with Crippen molar-refractivity contribution < 1.29 is 50.2 Å². The number of carbonyl (C=O) groups excluding carboxylic acids is 2. The van der Waals surface area contributed by atoms with Crippen molar-refractivity contribution in [2.45, 2.75) is 24.9 Å². The quantitative estimate of drug-likeness (QED) is 0.165. The number of carboxylic acid groups (broad SMARTS) is 1. The predicted molar refractivity (Wildman–Crippen MR) is 164 cm³/mol. The minimum Gasteiger partial charge on any atom is -0.475 e. The van der Waals surface area contributed by atoms with Gasteiger partial charge in [0.1, 0.15) is 12.4 Å². The van der Waals surface area contributed by atoms with E-state index < -0.39 is 54.2 Å². The van der Waals surface area contributed by atoms with Crippen molar-refractivity contribution in [3.63, 3.8) is 0 Å². The Bertz CT molecular complexity index is 1800. The third-order valence-electron chi connectivity index (χ3n) is 7.15. The first-order valence-corrected chi connectivity index (χ1v) is 14.4. The van der Waals surface area contributed by atoms with Gasteiger partial charge in [0.25, 0.3) is 0 Å². The molecule has 1 aliphatic rings. The molecule has 0 bridgehead atoms. The van der Waals surface area contributed by atoms with E-state index in [1.165, 1.54) is 64.5 Å². The van der Waals surface area contributed by atoms with Crippen molar-refractivity contribution in [1.29, 1.82) is 0 Å². The number of aliphatic carboxylic acids is 1. The van der Waals surface area contributed by atoms with Crippen LogP contribution in [0.4, 0.5) is 41.2 Å². The number of aromatic nitrogens is 1. The highest BCUT2D eigenvalue weighted by Gasteiger charge is 2.39. The third-order valence-corrected chi connectivity index (χ3v) is 7.15. The van der Waals surface area contributed by atoms with E-state index in [9.17, 15) is 40.3 Å². The second kappa shape index (κ2) is 15.4. The first kappa shape index (κ1) is 36.1. The van der Waals surface area contributed by atoms with Gasteiger partial charge in [-0.2, -0.15) is 26.3 Å². The smallest absolute Gasteiger partial charge is 0.475 e. The molecule has 2 N–H and O–H groups in total. The zero-order valence-corrected chi connectivity index (χ0v) is 25.3. The molecule has 0 unspecified atom stereocenters. The van der Waals surface area contributed by atoms with Crippen LogP contribution < -0.4 is 5.32 Å². The highest BCUT2D eigenvalue weighted by Crippen LogP contribution is 2.38. The fourth-order valence-electron chi connectivity index (χ4n) is 4.85. The number of hydrogen-bond acceptors (Lipinski definition) is 4. The van der Waals surface area contributed by atoms with E-state index in [0.717, 1.165) is 11.6 Å². The molecule has 3 aromatic carbocycles. The van der Waals surface area contributed by atoms with Gasteiger partial charge in [0.2, 0.25) is 5.91 Å². The molecule has 1 aliphatic heterocycles. The summed E-state index contributed by atoms with van der Waals surface area (Å²) in [5.41, 5.74) is 1.56. The molecule has 0 aliphatic carbocycles. The number of carbonyl (C=O) groups is 3. The number of benzene rings is 3. The molecule has 15 heteroatoms. The number of hydrogen-bond donors (Lipinski definition) is 2. The van der Waals surface area contributed by atoms with Crippen LogP contribution in [0.15, 0.2) is 109 Å². The Labute approximate surface area is 275 Å². The SMILES string of the molecule is O=C(Nc1ccncc1-c1ccccc1)N1C/C=C\[C@H](c2ccccc2C(F)(F)F)N(Cc2ccc(F)cc2)C(=O)C1.O=C(O)C(F)(F)F. The molecule has 4 aromatic rings. The van der Waals surface area contributed by atoms with Crippen molar-refractivity contribution in [3.05, 3.63) is 132 Å². The molecule has 0 spiro atoms. The van der Waals surface area contributed by atoms with E-state index in [1.807, 2.05) is 30.3 Å². The van der Waals surface area contributed by atoms with E-state index in [-0.39, 0.29) is 18.7 Å². The van der Waals surface area contributed by atoms with Crippen LogP contribution in [0.25, 0.3) is 11.1 Å². The number of nitrogens with zero attached hydrogens (tertiary/aromatic N) is 3. The maximum absolute atomic E-state index is 14.0. The summed E-state index contributed by atoms with van der Waals surface area (Å²) in [6, 6.07) is 19.8. The molecule has 0 fully saturated rings. The number of rotatable bonds is 5. The Morgan fingerprint density at radius 2 is 1.53 bits per heavy atom. The number of urea groups is 1. The summed E-state index contributed by atoms with van der Waals surface area (Å²) in [5, 5.41) is 9.97. The second-order valence-corrected chi connectivity index (χ2v) is 10.5. The van der Waals surface area contributed by atoms with Gasteiger partial charge in [-0.05, 0) is 41.0 Å². The second-order valence-electron chi connectivity index (χ2n) is 10.5. The average Bonchev–Trinajstić information content (AvgIpc) is 3.05. The number of nitrogens with one attached hydrogen (secondary N) is 1. The standard InChI is InChI=1S/C32H26F4N4O2.C2HF3O2/c33-24-14-12-22(13-15-24)20-40-29(25-9-4-5-10-27(25)32(34,35)36)11-6-18-39(21-30(40)41)31(42)38-28-16-17-37-19-26(28)23-7-2-1-3-8-23;3-2(4,5)1(6)7/h1-17,19,29H,18,20-21H2,(H,37,38,42);(H,6,7)/b11-6-;/t29-;/m1./s1. The summed E-state index contributed by atoms with van der Waals surface area (Å²) >= 11 is 0. The molecule has 0 saturated heterocycles. The fourth-order valence-corrected chi connectivity index (χ4v) is 4.85. The number of pyridine rings is 1. The Balaban J connectivity index is 0.000000698. The molecule has 5 rings (SSSR count). The highest BCUT2D eigenvalue weighted by atomic mass is 19.4. The molecule has 1 atom stereocenters. The topological polar surface area (TPSA) is 103 Å². The lowest BCUT2D eigenvalue weighted by atomic mass is 9.96. The van der Waals surface area contributed by atoms with Crippen LogP contribution in [0, 0.1) is 5.82 Å². The minimum atomic E-state index is -5.08. The monoisotopic (exact) mass is 688 g/mol. The molecule has 3 amide bonds. The summed E-state index contributed by atoms with van der Waals surface area (Å²) in [7, 11) is 0. The van der Waals surface area contributed by atoms with E-state index in [2.05, 4.69) is 10.3 Å². The maximum Gasteiger partial charge on any atom is 0.490 e. The molecular weight excluding hydrogens is 661 g/mol. The number of alkyl halides is 6. The molecule has 49 heavy (non-hydrogen) atoms. The molecular formula is C34H27F7N4O4. The number of carboxylic acids is 1. The van der Waals surface area contributed by atoms with Crippen molar-refractivity contribution in [1.82, 2.24) is 14.8 Å². The van der Waals surface area contributed by atoms with Gasteiger partial charge in [-0.3, -0.25) is 9.78 Å². The van der Waals surface area contributed by atoms with Crippen molar-refractivity contribution in [2.75, 3.05) is 18.4 Å². The van der Waals surface area contributed by atoms with E-state index >= 15 is 0 Å². The van der Waals surface area contributed by atoms with E-state index in [0.29, 0.717) is 16.8 Å². The third kappa shape index (κ3) is 9.65. The van der Waals surface area contributed by atoms with Crippen LogP contribution in [-0.2, 0) is 22.3 Å². The predicted octanol–water partition coefficient (Wildman–Crippen LogP) is 7.71. The Morgan fingerprint density at radius 1 is 0.898 bits per heavy atom. The van der Waals surface area contributed by atoms with Crippen molar-refractivity contribution >= 4 is 23.6 Å². The van der Waals surface area contributed by atoms with Crippen LogP contribution in [0.3, 0.4) is 0 Å². The van der Waals surface area contributed by atoms with Crippen molar-refractivity contribution in [2.24, 2.45) is 0 Å². The van der Waals surface area contributed by atoms with E-state index in [4.69, 9.17) is 9.90 Å². The molecule has 256 valence electrons. The highest BCUT2D eigenvalue weighted by molar-refractivity contribution is 5.96. The van der Waals surface area contributed by atoms with Crippen LogP contribution >= 0.6 is 0 Å².